The summed E-state index contributed by atoms with van der Waals surface area (Å²) in [6, 6.07) is 6.11. The molecule has 0 atom stereocenters. The van der Waals surface area contributed by atoms with Crippen LogP contribution >= 0.6 is 11.6 Å². The number of hydrazone groups is 1. The van der Waals surface area contributed by atoms with Crippen LogP contribution in [0.5, 0.6) is 0 Å². The lowest BCUT2D eigenvalue weighted by Gasteiger charge is -2.00. The topological polar surface area (TPSA) is 113 Å². The Morgan fingerprint density at radius 1 is 1.45 bits per heavy atom. The minimum Gasteiger partial charge on any atom is -0.275 e. The number of hydrogen-bond acceptors (Lipinski definition) is 6. The van der Waals surface area contributed by atoms with Gasteiger partial charge in [-0.1, -0.05) is 23.7 Å². The summed E-state index contributed by atoms with van der Waals surface area (Å²) in [6.07, 6.45) is 2.54. The molecule has 2 N–H and O–H groups in total. The quantitative estimate of drug-likeness (QED) is 0.507. The van der Waals surface area contributed by atoms with E-state index < -0.39 is 10.5 Å². The molecule has 0 amide bonds. The number of aromatic amines is 1. The van der Waals surface area contributed by atoms with Crippen molar-refractivity contribution < 1.29 is 4.92 Å². The molecule has 0 aliphatic heterocycles. The van der Waals surface area contributed by atoms with Gasteiger partial charge in [0.15, 0.2) is 0 Å². The first kappa shape index (κ1) is 13.7. The fraction of sp³-hybridized carbons (Fsp3) is 0. The molecule has 0 radical (unpaired) electrons. The molecule has 8 nitrogen and oxygen atoms in total. The van der Waals surface area contributed by atoms with Gasteiger partial charge in [-0.05, 0) is 6.07 Å². The van der Waals surface area contributed by atoms with E-state index in [1.165, 1.54) is 18.5 Å². The number of para-hydroxylation sites is 1. The fourth-order valence-corrected chi connectivity index (χ4v) is 1.53. The maximum absolute atomic E-state index is 11.2. The van der Waals surface area contributed by atoms with Gasteiger partial charge in [0.1, 0.15) is 10.7 Å². The van der Waals surface area contributed by atoms with E-state index in [1.807, 2.05) is 0 Å². The number of nitro benzene ring substituents is 1. The van der Waals surface area contributed by atoms with Crippen LogP contribution in [0, 0.1) is 10.1 Å². The summed E-state index contributed by atoms with van der Waals surface area (Å²) in [4.78, 5) is 21.5. The molecule has 20 heavy (non-hydrogen) atoms. The van der Waals surface area contributed by atoms with Crippen molar-refractivity contribution in [1.82, 2.24) is 10.2 Å². The third-order valence-corrected chi connectivity index (χ3v) is 2.69. The van der Waals surface area contributed by atoms with Gasteiger partial charge in [0, 0.05) is 6.07 Å². The lowest BCUT2D eigenvalue weighted by Crippen LogP contribution is -2.10. The number of nitrogens with zero attached hydrogens (tertiary/aromatic N) is 3. The normalized spacial score (nSPS) is 10.7. The Morgan fingerprint density at radius 3 is 2.95 bits per heavy atom. The van der Waals surface area contributed by atoms with Gasteiger partial charge in [-0.3, -0.25) is 20.3 Å². The van der Waals surface area contributed by atoms with E-state index in [0.29, 0.717) is 5.56 Å². The Morgan fingerprint density at radius 2 is 2.20 bits per heavy atom. The van der Waals surface area contributed by atoms with E-state index in [9.17, 15) is 14.9 Å². The van der Waals surface area contributed by atoms with Crippen molar-refractivity contribution in [3.05, 3.63) is 61.5 Å². The van der Waals surface area contributed by atoms with Crippen molar-refractivity contribution in [2.75, 3.05) is 5.43 Å². The Bertz CT molecular complexity index is 728. The monoisotopic (exact) mass is 293 g/mol. The fourth-order valence-electron chi connectivity index (χ4n) is 1.40. The molecule has 0 aliphatic carbocycles. The summed E-state index contributed by atoms with van der Waals surface area (Å²) in [5.74, 6) is 0. The van der Waals surface area contributed by atoms with E-state index >= 15 is 0 Å². The molecular formula is C11H8ClN5O3. The van der Waals surface area contributed by atoms with E-state index in [4.69, 9.17) is 11.6 Å². The maximum Gasteiger partial charge on any atom is 0.285 e. The van der Waals surface area contributed by atoms with Crippen LogP contribution in [0.15, 0.2) is 40.4 Å². The molecule has 2 rings (SSSR count). The second-order valence-electron chi connectivity index (χ2n) is 3.61. The highest BCUT2D eigenvalue weighted by atomic mass is 35.5. The van der Waals surface area contributed by atoms with Gasteiger partial charge in [-0.15, -0.1) is 0 Å². The summed E-state index contributed by atoms with van der Waals surface area (Å²) >= 11 is 5.73. The van der Waals surface area contributed by atoms with Gasteiger partial charge in [0.25, 0.3) is 11.2 Å². The highest BCUT2D eigenvalue weighted by molar-refractivity contribution is 6.32. The van der Waals surface area contributed by atoms with Crippen LogP contribution in [-0.2, 0) is 0 Å². The molecule has 0 aliphatic rings. The summed E-state index contributed by atoms with van der Waals surface area (Å²) in [5.41, 5.74) is 2.38. The lowest BCUT2D eigenvalue weighted by molar-refractivity contribution is -0.385. The summed E-state index contributed by atoms with van der Waals surface area (Å²) in [7, 11) is 0. The number of benzene rings is 1. The zero-order chi connectivity index (χ0) is 14.5. The van der Waals surface area contributed by atoms with Crippen LogP contribution in [0.25, 0.3) is 0 Å². The standard InChI is InChI=1S/C11H8ClN5O3/c12-10-8(6-14-16-11(10)18)15-13-5-7-3-1-2-4-9(7)17(19)20/h1-6H,(H2,15,16,18)/b13-5-. The van der Waals surface area contributed by atoms with Crippen molar-refractivity contribution >= 4 is 29.2 Å². The first-order valence-electron chi connectivity index (χ1n) is 5.35. The Labute approximate surface area is 117 Å². The van der Waals surface area contributed by atoms with Crippen LogP contribution in [0.4, 0.5) is 11.4 Å². The number of hydrogen-bond donors (Lipinski definition) is 2. The van der Waals surface area contributed by atoms with Gasteiger partial charge in [-0.2, -0.15) is 10.2 Å². The van der Waals surface area contributed by atoms with Crippen LogP contribution in [0.3, 0.4) is 0 Å². The molecule has 0 saturated heterocycles. The number of anilines is 1. The summed E-state index contributed by atoms with van der Waals surface area (Å²) in [6.45, 7) is 0. The minimum absolute atomic E-state index is 0.0758. The van der Waals surface area contributed by atoms with Crippen LogP contribution in [-0.4, -0.2) is 21.3 Å². The van der Waals surface area contributed by atoms with Gasteiger partial charge in [0.2, 0.25) is 0 Å². The van der Waals surface area contributed by atoms with Crippen molar-refractivity contribution in [2.24, 2.45) is 5.10 Å². The molecule has 1 aromatic heterocycles. The van der Waals surface area contributed by atoms with Crippen LogP contribution < -0.4 is 11.0 Å². The van der Waals surface area contributed by atoms with Gasteiger partial charge in [0.05, 0.1) is 22.9 Å². The number of H-pyrrole nitrogens is 1. The summed E-state index contributed by atoms with van der Waals surface area (Å²) < 4.78 is 0. The van der Waals surface area contributed by atoms with Gasteiger partial charge in [-0.25, -0.2) is 5.10 Å². The molecule has 1 heterocycles. The number of rotatable bonds is 4. The smallest absolute Gasteiger partial charge is 0.275 e. The van der Waals surface area contributed by atoms with Crippen LogP contribution in [0.1, 0.15) is 5.56 Å². The molecule has 0 saturated carbocycles. The van der Waals surface area contributed by atoms with Gasteiger partial charge >= 0.3 is 0 Å². The second kappa shape index (κ2) is 5.93. The predicted molar refractivity (Wildman–Crippen MR) is 74.2 cm³/mol. The number of aromatic nitrogens is 2. The maximum atomic E-state index is 11.2. The van der Waals surface area contributed by atoms with Crippen molar-refractivity contribution in [3.63, 3.8) is 0 Å². The molecular weight excluding hydrogens is 286 g/mol. The molecule has 0 spiro atoms. The van der Waals surface area contributed by atoms with E-state index in [2.05, 4.69) is 20.7 Å². The molecule has 0 unspecified atom stereocenters. The van der Waals surface area contributed by atoms with Crippen molar-refractivity contribution in [1.29, 1.82) is 0 Å². The zero-order valence-corrected chi connectivity index (χ0v) is 10.7. The molecule has 9 heteroatoms. The number of halogens is 1. The molecule has 0 fully saturated rings. The highest BCUT2D eigenvalue weighted by Gasteiger charge is 2.10. The molecule has 1 aromatic carbocycles. The highest BCUT2D eigenvalue weighted by Crippen LogP contribution is 2.16. The first-order chi connectivity index (χ1) is 9.59. The predicted octanol–water partition coefficient (Wildman–Crippen LogP) is 1.78. The minimum atomic E-state index is -0.558. The first-order valence-corrected chi connectivity index (χ1v) is 5.73. The zero-order valence-electron chi connectivity index (χ0n) is 9.91. The average molecular weight is 294 g/mol. The van der Waals surface area contributed by atoms with Crippen LogP contribution in [0.2, 0.25) is 5.02 Å². The van der Waals surface area contributed by atoms with Crippen molar-refractivity contribution in [3.8, 4) is 0 Å². The average Bonchev–Trinajstić information content (AvgIpc) is 2.44. The van der Waals surface area contributed by atoms with Crippen molar-refractivity contribution in [2.45, 2.75) is 0 Å². The van der Waals surface area contributed by atoms with Gasteiger partial charge < -0.3 is 0 Å². The Kier molecular flexibility index (Phi) is 4.06. The number of nitro groups is 1. The Balaban J connectivity index is 2.21. The molecule has 0 bridgehead atoms. The van der Waals surface area contributed by atoms with E-state index in [0.717, 1.165) is 0 Å². The lowest BCUT2D eigenvalue weighted by atomic mass is 10.2. The third kappa shape index (κ3) is 2.98. The molecule has 102 valence electrons. The second-order valence-corrected chi connectivity index (χ2v) is 3.99. The summed E-state index contributed by atoms with van der Waals surface area (Å²) in [5, 5.41) is 20.2. The number of nitrogens with one attached hydrogen (secondary N) is 2. The van der Waals surface area contributed by atoms with E-state index in [-0.39, 0.29) is 16.4 Å². The molecule has 2 aromatic rings. The van der Waals surface area contributed by atoms with E-state index in [1.54, 1.807) is 18.2 Å². The third-order valence-electron chi connectivity index (χ3n) is 2.32. The SMILES string of the molecule is O=c1[nH]ncc(N/N=C\c2ccccc2[N+](=O)[O-])c1Cl. The Hall–Kier alpha value is -2.74. The largest absolute Gasteiger partial charge is 0.285 e.